The zero-order valence-corrected chi connectivity index (χ0v) is 14.6. The fourth-order valence-corrected chi connectivity index (χ4v) is 4.98. The van der Waals surface area contributed by atoms with Gasteiger partial charge in [-0.2, -0.15) is 0 Å². The molecular weight excluding hydrogens is 348 g/mol. The lowest BCUT2D eigenvalue weighted by molar-refractivity contribution is -0.119. The van der Waals surface area contributed by atoms with Gasteiger partial charge < -0.3 is 5.32 Å². The minimum Gasteiger partial charge on any atom is -0.347 e. The summed E-state index contributed by atoms with van der Waals surface area (Å²) < 4.78 is 24.9. The molecule has 1 N–H and O–H groups in total. The van der Waals surface area contributed by atoms with E-state index in [1.165, 1.54) is 24.3 Å². The van der Waals surface area contributed by atoms with Crippen LogP contribution in [0, 0.1) is 5.92 Å². The summed E-state index contributed by atoms with van der Waals surface area (Å²) in [6.07, 6.45) is 0. The van der Waals surface area contributed by atoms with Crippen LogP contribution < -0.4 is 9.62 Å². The summed E-state index contributed by atoms with van der Waals surface area (Å²) in [6.45, 7) is 2.03. The largest absolute Gasteiger partial charge is 0.347 e. The molecule has 0 aliphatic carbocycles. The Balaban J connectivity index is 1.73. The second kappa shape index (κ2) is 6.37. The van der Waals surface area contributed by atoms with Crippen molar-refractivity contribution in [1.82, 2.24) is 5.32 Å². The van der Waals surface area contributed by atoms with Crippen LogP contribution in [0.1, 0.15) is 22.2 Å². The first-order valence-electron chi connectivity index (χ1n) is 7.36. The van der Waals surface area contributed by atoms with Crippen molar-refractivity contribution < 1.29 is 18.0 Å². The second-order valence-corrected chi connectivity index (χ2v) is 8.49. The number of hydrogen-bond acceptors (Lipinski definition) is 5. The van der Waals surface area contributed by atoms with E-state index in [1.807, 2.05) is 17.5 Å². The molecular formula is C16H16N2O4S2. The van der Waals surface area contributed by atoms with E-state index in [4.69, 9.17) is 0 Å². The van der Waals surface area contributed by atoms with Crippen LogP contribution in [0.3, 0.4) is 0 Å². The SMILES string of the molecule is CC1CS(=O)(=O)N(c2ccc(C(=O)NCc3cccs3)cc2)C1=O. The molecule has 2 heterocycles. The summed E-state index contributed by atoms with van der Waals surface area (Å²) in [7, 11) is -3.63. The highest BCUT2D eigenvalue weighted by atomic mass is 32.2. The van der Waals surface area contributed by atoms with Crippen LogP contribution in [0.2, 0.25) is 0 Å². The van der Waals surface area contributed by atoms with Gasteiger partial charge in [-0.05, 0) is 35.7 Å². The number of carbonyl (C=O) groups is 2. The van der Waals surface area contributed by atoms with Crippen LogP contribution in [0.5, 0.6) is 0 Å². The third kappa shape index (κ3) is 3.20. The van der Waals surface area contributed by atoms with Crippen molar-refractivity contribution in [3.05, 3.63) is 52.2 Å². The summed E-state index contributed by atoms with van der Waals surface area (Å²) in [6, 6.07) is 9.84. The summed E-state index contributed by atoms with van der Waals surface area (Å²) in [5.74, 6) is -1.43. The number of thiophene rings is 1. The molecule has 8 heteroatoms. The van der Waals surface area contributed by atoms with Gasteiger partial charge in [-0.3, -0.25) is 9.59 Å². The highest BCUT2D eigenvalue weighted by Crippen LogP contribution is 2.28. The van der Waals surface area contributed by atoms with E-state index in [-0.39, 0.29) is 17.3 Å². The monoisotopic (exact) mass is 364 g/mol. The second-order valence-electron chi connectivity index (χ2n) is 5.59. The van der Waals surface area contributed by atoms with Gasteiger partial charge in [0.05, 0.1) is 23.9 Å². The van der Waals surface area contributed by atoms with Crippen LogP contribution in [-0.4, -0.2) is 26.0 Å². The average Bonchev–Trinajstić information content (AvgIpc) is 3.12. The van der Waals surface area contributed by atoms with Crippen LogP contribution >= 0.6 is 11.3 Å². The lowest BCUT2D eigenvalue weighted by Crippen LogP contribution is -2.30. The van der Waals surface area contributed by atoms with Crippen molar-refractivity contribution in [3.8, 4) is 0 Å². The minimum absolute atomic E-state index is 0.186. The fraction of sp³-hybridized carbons (Fsp3) is 0.250. The third-order valence-electron chi connectivity index (χ3n) is 3.73. The van der Waals surface area contributed by atoms with Gasteiger partial charge in [0, 0.05) is 10.4 Å². The van der Waals surface area contributed by atoms with Gasteiger partial charge in [0.2, 0.25) is 15.9 Å². The lowest BCUT2D eigenvalue weighted by Gasteiger charge is -2.15. The summed E-state index contributed by atoms with van der Waals surface area (Å²) in [5, 5.41) is 4.73. The number of sulfonamides is 1. The molecule has 0 saturated carbocycles. The first kappa shape index (κ1) is 16.7. The van der Waals surface area contributed by atoms with Gasteiger partial charge in [0.25, 0.3) is 5.91 Å². The fourth-order valence-electron chi connectivity index (χ4n) is 2.52. The van der Waals surface area contributed by atoms with Crippen molar-refractivity contribution in [3.63, 3.8) is 0 Å². The number of anilines is 1. The molecule has 1 fully saturated rings. The molecule has 1 aromatic carbocycles. The smallest absolute Gasteiger partial charge is 0.251 e. The van der Waals surface area contributed by atoms with Gasteiger partial charge in [-0.15, -0.1) is 11.3 Å². The van der Waals surface area contributed by atoms with Crippen LogP contribution in [0.15, 0.2) is 41.8 Å². The first-order valence-corrected chi connectivity index (χ1v) is 9.85. The van der Waals surface area contributed by atoms with Crippen molar-refractivity contribution in [2.45, 2.75) is 13.5 Å². The predicted molar refractivity (Wildman–Crippen MR) is 92.4 cm³/mol. The van der Waals surface area contributed by atoms with Crippen molar-refractivity contribution >= 4 is 38.9 Å². The molecule has 0 spiro atoms. The van der Waals surface area contributed by atoms with E-state index in [2.05, 4.69) is 5.32 Å². The Morgan fingerprint density at radius 2 is 2.00 bits per heavy atom. The predicted octanol–water partition coefficient (Wildman–Crippen LogP) is 1.99. The quantitative estimate of drug-likeness (QED) is 0.899. The van der Waals surface area contributed by atoms with Crippen LogP contribution in [-0.2, 0) is 21.4 Å². The van der Waals surface area contributed by atoms with E-state index < -0.39 is 21.8 Å². The maximum absolute atomic E-state index is 12.1. The number of benzene rings is 1. The molecule has 6 nitrogen and oxygen atoms in total. The molecule has 1 atom stereocenters. The topological polar surface area (TPSA) is 83.6 Å². The highest BCUT2D eigenvalue weighted by molar-refractivity contribution is 7.94. The number of nitrogens with zero attached hydrogens (tertiary/aromatic N) is 1. The summed E-state index contributed by atoms with van der Waals surface area (Å²) in [5.41, 5.74) is 0.673. The molecule has 1 unspecified atom stereocenters. The Morgan fingerprint density at radius 1 is 1.29 bits per heavy atom. The molecule has 126 valence electrons. The normalized spacial score (nSPS) is 19.5. The Kier molecular flexibility index (Phi) is 4.42. The maximum Gasteiger partial charge on any atom is 0.251 e. The molecule has 1 saturated heterocycles. The van der Waals surface area contributed by atoms with Crippen molar-refractivity contribution in [1.29, 1.82) is 0 Å². The molecule has 1 aliphatic heterocycles. The van der Waals surface area contributed by atoms with E-state index in [1.54, 1.807) is 18.3 Å². The van der Waals surface area contributed by atoms with Gasteiger partial charge in [-0.25, -0.2) is 12.7 Å². The zero-order chi connectivity index (χ0) is 17.3. The molecule has 2 amide bonds. The first-order chi connectivity index (χ1) is 11.4. The van der Waals surface area contributed by atoms with Gasteiger partial charge in [-0.1, -0.05) is 13.0 Å². The number of nitrogens with one attached hydrogen (secondary N) is 1. The molecule has 0 bridgehead atoms. The highest BCUT2D eigenvalue weighted by Gasteiger charge is 2.41. The standard InChI is InChI=1S/C16H16N2O4S2/c1-11-10-24(21,22)18(16(11)20)13-6-4-12(5-7-13)15(19)17-9-14-3-2-8-23-14/h2-8,11H,9-10H2,1H3,(H,17,19). The Bertz CT molecular complexity index is 858. The van der Waals surface area contributed by atoms with Crippen LogP contribution in [0.25, 0.3) is 0 Å². The molecule has 1 aliphatic rings. The molecule has 3 rings (SSSR count). The molecule has 0 radical (unpaired) electrons. The summed E-state index contributed by atoms with van der Waals surface area (Å²) >= 11 is 1.55. The van der Waals surface area contributed by atoms with E-state index in [9.17, 15) is 18.0 Å². The van der Waals surface area contributed by atoms with E-state index >= 15 is 0 Å². The maximum atomic E-state index is 12.1. The average molecular weight is 364 g/mol. The van der Waals surface area contributed by atoms with Crippen molar-refractivity contribution in [2.24, 2.45) is 5.92 Å². The minimum atomic E-state index is -3.63. The lowest BCUT2D eigenvalue weighted by atomic mass is 10.1. The summed E-state index contributed by atoms with van der Waals surface area (Å²) in [4.78, 5) is 25.2. The molecule has 1 aromatic heterocycles. The number of amides is 2. The van der Waals surface area contributed by atoms with E-state index in [0.717, 1.165) is 9.18 Å². The number of rotatable bonds is 4. The Labute approximate surface area is 144 Å². The van der Waals surface area contributed by atoms with E-state index in [0.29, 0.717) is 12.1 Å². The van der Waals surface area contributed by atoms with Gasteiger partial charge >= 0.3 is 0 Å². The van der Waals surface area contributed by atoms with Gasteiger partial charge in [0.15, 0.2) is 0 Å². The number of hydrogen-bond donors (Lipinski definition) is 1. The van der Waals surface area contributed by atoms with Gasteiger partial charge in [0.1, 0.15) is 0 Å². The molecule has 24 heavy (non-hydrogen) atoms. The number of carbonyl (C=O) groups excluding carboxylic acids is 2. The Morgan fingerprint density at radius 3 is 2.54 bits per heavy atom. The third-order valence-corrected chi connectivity index (χ3v) is 6.47. The molecule has 2 aromatic rings. The van der Waals surface area contributed by atoms with Crippen molar-refractivity contribution in [2.75, 3.05) is 10.1 Å². The Hall–Kier alpha value is -2.19. The zero-order valence-electron chi connectivity index (χ0n) is 12.9. The van der Waals surface area contributed by atoms with Crippen LogP contribution in [0.4, 0.5) is 5.69 Å².